The molecule has 1 saturated carbocycles. The van der Waals surface area contributed by atoms with Crippen LogP contribution in [0, 0.1) is 5.92 Å². The summed E-state index contributed by atoms with van der Waals surface area (Å²) in [5.74, 6) is 0.502. The minimum atomic E-state index is -3.16. The molecule has 0 aromatic heterocycles. The van der Waals surface area contributed by atoms with Gasteiger partial charge in [-0.05, 0) is 25.2 Å². The van der Waals surface area contributed by atoms with Crippen molar-refractivity contribution in [2.75, 3.05) is 19.3 Å². The van der Waals surface area contributed by atoms with E-state index in [1.807, 2.05) is 6.92 Å². The first kappa shape index (κ1) is 14.9. The van der Waals surface area contributed by atoms with E-state index in [1.54, 1.807) is 7.05 Å². The van der Waals surface area contributed by atoms with Gasteiger partial charge in [-0.2, -0.15) is 0 Å². The Morgan fingerprint density at radius 3 is 2.41 bits per heavy atom. The van der Waals surface area contributed by atoms with Crippen LogP contribution in [0.4, 0.5) is 0 Å². The molecule has 0 spiro atoms. The molecule has 1 atom stereocenters. The SMILES string of the molecule is CCCN(C)S(=O)(=O)CC(N)C1CCCCC1. The lowest BCUT2D eigenvalue weighted by atomic mass is 9.85. The summed E-state index contributed by atoms with van der Waals surface area (Å²) in [4.78, 5) is 0. The molecule has 0 amide bonds. The van der Waals surface area contributed by atoms with Crippen LogP contribution in [0.15, 0.2) is 0 Å². The molecule has 0 aromatic rings. The van der Waals surface area contributed by atoms with Crippen molar-refractivity contribution in [2.45, 2.75) is 51.5 Å². The van der Waals surface area contributed by atoms with Crippen molar-refractivity contribution in [3.8, 4) is 0 Å². The summed E-state index contributed by atoms with van der Waals surface area (Å²) in [7, 11) is -1.52. The number of nitrogens with two attached hydrogens (primary N) is 1. The molecule has 0 aromatic carbocycles. The largest absolute Gasteiger partial charge is 0.326 e. The van der Waals surface area contributed by atoms with Crippen LogP contribution < -0.4 is 5.73 Å². The second-order valence-electron chi connectivity index (χ2n) is 5.16. The monoisotopic (exact) mass is 262 g/mol. The lowest BCUT2D eigenvalue weighted by Crippen LogP contribution is -2.42. The van der Waals surface area contributed by atoms with Gasteiger partial charge in [0.2, 0.25) is 10.0 Å². The van der Waals surface area contributed by atoms with Crippen LogP contribution in [0.2, 0.25) is 0 Å². The van der Waals surface area contributed by atoms with Crippen molar-refractivity contribution < 1.29 is 8.42 Å². The Balaban J connectivity index is 2.51. The van der Waals surface area contributed by atoms with Crippen molar-refractivity contribution in [2.24, 2.45) is 11.7 Å². The molecular formula is C12H26N2O2S. The molecule has 1 unspecified atom stereocenters. The molecule has 102 valence electrons. The zero-order chi connectivity index (χ0) is 12.9. The van der Waals surface area contributed by atoms with Gasteiger partial charge in [0, 0.05) is 19.6 Å². The molecule has 0 radical (unpaired) electrons. The molecule has 0 bridgehead atoms. The predicted molar refractivity (Wildman–Crippen MR) is 71.3 cm³/mol. The van der Waals surface area contributed by atoms with E-state index in [0.717, 1.165) is 19.3 Å². The van der Waals surface area contributed by atoms with Gasteiger partial charge in [0.05, 0.1) is 5.75 Å². The van der Waals surface area contributed by atoms with E-state index < -0.39 is 10.0 Å². The second kappa shape index (κ2) is 6.71. The molecule has 4 nitrogen and oxygen atoms in total. The lowest BCUT2D eigenvalue weighted by Gasteiger charge is -2.28. The zero-order valence-electron chi connectivity index (χ0n) is 11.1. The quantitative estimate of drug-likeness (QED) is 0.790. The molecular weight excluding hydrogens is 236 g/mol. The van der Waals surface area contributed by atoms with Gasteiger partial charge in [-0.3, -0.25) is 0 Å². The summed E-state index contributed by atoms with van der Waals surface area (Å²) in [5.41, 5.74) is 6.06. The van der Waals surface area contributed by atoms with Gasteiger partial charge in [0.15, 0.2) is 0 Å². The van der Waals surface area contributed by atoms with E-state index in [0.29, 0.717) is 12.5 Å². The van der Waals surface area contributed by atoms with Gasteiger partial charge >= 0.3 is 0 Å². The Bertz CT molecular complexity index is 310. The Morgan fingerprint density at radius 2 is 1.88 bits per heavy atom. The fourth-order valence-electron chi connectivity index (χ4n) is 2.52. The Morgan fingerprint density at radius 1 is 1.29 bits per heavy atom. The maximum absolute atomic E-state index is 12.0. The third-order valence-corrected chi connectivity index (χ3v) is 5.61. The molecule has 1 aliphatic rings. The summed E-state index contributed by atoms with van der Waals surface area (Å²) in [5, 5.41) is 0. The van der Waals surface area contributed by atoms with Crippen LogP contribution in [0.1, 0.15) is 45.4 Å². The van der Waals surface area contributed by atoms with Crippen molar-refractivity contribution in [3.63, 3.8) is 0 Å². The maximum Gasteiger partial charge on any atom is 0.215 e. The summed E-state index contributed by atoms with van der Waals surface area (Å²) < 4.78 is 25.5. The summed E-state index contributed by atoms with van der Waals surface area (Å²) in [6, 6.07) is -0.195. The van der Waals surface area contributed by atoms with E-state index >= 15 is 0 Å². The summed E-state index contributed by atoms with van der Waals surface area (Å²) in [6.45, 7) is 2.56. The van der Waals surface area contributed by atoms with E-state index in [1.165, 1.54) is 23.6 Å². The fraction of sp³-hybridized carbons (Fsp3) is 1.00. The number of nitrogens with zero attached hydrogens (tertiary/aromatic N) is 1. The summed E-state index contributed by atoms with van der Waals surface area (Å²) in [6.07, 6.45) is 6.69. The van der Waals surface area contributed by atoms with Gasteiger partial charge in [0.1, 0.15) is 0 Å². The highest BCUT2D eigenvalue weighted by molar-refractivity contribution is 7.89. The van der Waals surface area contributed by atoms with Crippen LogP contribution >= 0.6 is 0 Å². The van der Waals surface area contributed by atoms with Gasteiger partial charge in [-0.1, -0.05) is 26.2 Å². The van der Waals surface area contributed by atoms with Crippen molar-refractivity contribution in [1.82, 2.24) is 4.31 Å². The number of sulfonamides is 1. The average Bonchev–Trinajstić information content (AvgIpc) is 2.30. The van der Waals surface area contributed by atoms with E-state index in [9.17, 15) is 8.42 Å². The minimum Gasteiger partial charge on any atom is -0.326 e. The van der Waals surface area contributed by atoms with Crippen LogP contribution in [0.25, 0.3) is 0 Å². The molecule has 1 rings (SSSR count). The highest BCUT2D eigenvalue weighted by Crippen LogP contribution is 2.26. The predicted octanol–water partition coefficient (Wildman–Crippen LogP) is 1.57. The molecule has 0 heterocycles. The van der Waals surface area contributed by atoms with Crippen molar-refractivity contribution >= 4 is 10.0 Å². The average molecular weight is 262 g/mol. The van der Waals surface area contributed by atoms with Crippen LogP contribution in [-0.2, 0) is 10.0 Å². The molecule has 1 fully saturated rings. The topological polar surface area (TPSA) is 63.4 Å². The highest BCUT2D eigenvalue weighted by atomic mass is 32.2. The van der Waals surface area contributed by atoms with Crippen LogP contribution in [-0.4, -0.2) is 38.1 Å². The Labute approximate surface area is 106 Å². The minimum absolute atomic E-state index is 0.105. The first-order valence-electron chi connectivity index (χ1n) is 6.67. The molecule has 2 N–H and O–H groups in total. The van der Waals surface area contributed by atoms with Crippen LogP contribution in [0.5, 0.6) is 0 Å². The van der Waals surface area contributed by atoms with Crippen molar-refractivity contribution in [3.05, 3.63) is 0 Å². The molecule has 17 heavy (non-hydrogen) atoms. The lowest BCUT2D eigenvalue weighted by molar-refractivity contribution is 0.315. The van der Waals surface area contributed by atoms with E-state index in [2.05, 4.69) is 0 Å². The third kappa shape index (κ3) is 4.56. The maximum atomic E-state index is 12.0. The van der Waals surface area contributed by atoms with Gasteiger partial charge in [0.25, 0.3) is 0 Å². The van der Waals surface area contributed by atoms with E-state index in [-0.39, 0.29) is 11.8 Å². The summed E-state index contributed by atoms with van der Waals surface area (Å²) >= 11 is 0. The zero-order valence-corrected chi connectivity index (χ0v) is 11.9. The molecule has 1 aliphatic carbocycles. The second-order valence-corrected chi connectivity index (χ2v) is 7.28. The number of hydrogen-bond donors (Lipinski definition) is 1. The highest BCUT2D eigenvalue weighted by Gasteiger charge is 2.27. The standard InChI is InChI=1S/C12H26N2O2S/c1-3-9-14(2)17(15,16)10-12(13)11-7-5-4-6-8-11/h11-12H,3-10,13H2,1-2H3. The van der Waals surface area contributed by atoms with Gasteiger partial charge in [-0.25, -0.2) is 12.7 Å². The first-order valence-corrected chi connectivity index (χ1v) is 8.28. The van der Waals surface area contributed by atoms with Crippen molar-refractivity contribution in [1.29, 1.82) is 0 Å². The smallest absolute Gasteiger partial charge is 0.215 e. The normalized spacial score (nSPS) is 20.7. The van der Waals surface area contributed by atoms with Crippen LogP contribution in [0.3, 0.4) is 0 Å². The molecule has 0 aliphatic heterocycles. The Hall–Kier alpha value is -0.130. The number of hydrogen-bond acceptors (Lipinski definition) is 3. The fourth-order valence-corrected chi connectivity index (χ4v) is 4.00. The molecule has 0 saturated heterocycles. The first-order chi connectivity index (χ1) is 7.97. The third-order valence-electron chi connectivity index (χ3n) is 3.67. The number of rotatable bonds is 6. The van der Waals surface area contributed by atoms with E-state index in [4.69, 9.17) is 5.73 Å². The molecule has 5 heteroatoms. The van der Waals surface area contributed by atoms with Gasteiger partial charge in [-0.15, -0.1) is 0 Å². The Kier molecular flexibility index (Phi) is 5.89. The van der Waals surface area contributed by atoms with Gasteiger partial charge < -0.3 is 5.73 Å².